The van der Waals surface area contributed by atoms with Gasteiger partial charge in [-0.3, -0.25) is 0 Å². The Morgan fingerprint density at radius 2 is 1.88 bits per heavy atom. The van der Waals surface area contributed by atoms with Crippen molar-refractivity contribution in [2.75, 3.05) is 5.32 Å². The summed E-state index contributed by atoms with van der Waals surface area (Å²) in [6.07, 6.45) is 0. The maximum atomic E-state index is 11.9. The average molecular weight is 225 g/mol. The van der Waals surface area contributed by atoms with E-state index in [1.165, 1.54) is 0 Å². The Labute approximate surface area is 99.0 Å². The van der Waals surface area contributed by atoms with Crippen LogP contribution in [0.5, 0.6) is 5.75 Å². The predicted octanol–water partition coefficient (Wildman–Crippen LogP) is 3.27. The van der Waals surface area contributed by atoms with Gasteiger partial charge in [0.1, 0.15) is 0 Å². The molecule has 0 unspecified atom stereocenters. The lowest BCUT2D eigenvalue weighted by Crippen LogP contribution is -2.07. The molecule has 0 aromatic heterocycles. The number of carbonyl (C=O) groups is 1. The van der Waals surface area contributed by atoms with Gasteiger partial charge >= 0.3 is 5.97 Å². The van der Waals surface area contributed by atoms with Gasteiger partial charge in [0.15, 0.2) is 5.75 Å². The molecule has 0 amide bonds. The summed E-state index contributed by atoms with van der Waals surface area (Å²) in [5, 5.41) is 3.23. The van der Waals surface area contributed by atoms with Crippen LogP contribution in [0.4, 0.5) is 11.4 Å². The Bertz CT molecular complexity index is 605. The van der Waals surface area contributed by atoms with Crippen LogP contribution in [-0.2, 0) is 0 Å². The number of ether oxygens (including phenoxy) is 1. The first-order valence-corrected chi connectivity index (χ1v) is 5.43. The van der Waals surface area contributed by atoms with E-state index in [0.717, 1.165) is 16.9 Å². The fourth-order valence-corrected chi connectivity index (χ4v) is 1.90. The summed E-state index contributed by atoms with van der Waals surface area (Å²) in [5.74, 6) is 0.243. The van der Waals surface area contributed by atoms with Crippen molar-refractivity contribution in [3.63, 3.8) is 0 Å². The highest BCUT2D eigenvalue weighted by molar-refractivity contribution is 6.00. The van der Waals surface area contributed by atoms with Crippen molar-refractivity contribution in [1.29, 1.82) is 0 Å². The minimum atomic E-state index is -0.323. The number of anilines is 2. The molecule has 0 fully saturated rings. The first kappa shape index (κ1) is 9.90. The van der Waals surface area contributed by atoms with E-state index < -0.39 is 0 Å². The van der Waals surface area contributed by atoms with E-state index in [1.807, 2.05) is 37.3 Å². The van der Waals surface area contributed by atoms with E-state index in [0.29, 0.717) is 11.3 Å². The quantitative estimate of drug-likeness (QED) is 0.552. The number of hydrogen-bond acceptors (Lipinski definition) is 3. The molecule has 0 saturated heterocycles. The fourth-order valence-electron chi connectivity index (χ4n) is 1.90. The van der Waals surface area contributed by atoms with Crippen LogP contribution in [0.15, 0.2) is 42.5 Å². The minimum Gasteiger partial charge on any atom is -0.421 e. The third-order valence-electron chi connectivity index (χ3n) is 2.75. The molecule has 17 heavy (non-hydrogen) atoms. The molecule has 1 aliphatic heterocycles. The smallest absolute Gasteiger partial charge is 0.345 e. The Morgan fingerprint density at radius 3 is 2.76 bits per heavy atom. The third kappa shape index (κ3) is 1.65. The van der Waals surface area contributed by atoms with E-state index in [9.17, 15) is 4.79 Å². The molecule has 3 nitrogen and oxygen atoms in total. The number of rotatable bonds is 0. The fraction of sp³-hybridized carbons (Fsp3) is 0.0714. The van der Waals surface area contributed by atoms with Crippen LogP contribution in [-0.4, -0.2) is 5.97 Å². The largest absolute Gasteiger partial charge is 0.421 e. The second-order valence-corrected chi connectivity index (χ2v) is 4.06. The lowest BCUT2D eigenvalue weighted by atomic mass is 10.1. The molecular formula is C14H11NO2. The van der Waals surface area contributed by atoms with Gasteiger partial charge in [-0.15, -0.1) is 0 Å². The van der Waals surface area contributed by atoms with Crippen LogP contribution in [0.25, 0.3) is 0 Å². The number of esters is 1. The molecule has 1 N–H and O–H groups in total. The molecular weight excluding hydrogens is 214 g/mol. The van der Waals surface area contributed by atoms with Gasteiger partial charge in [-0.05, 0) is 36.8 Å². The van der Waals surface area contributed by atoms with Crippen LogP contribution in [0.3, 0.4) is 0 Å². The van der Waals surface area contributed by atoms with Gasteiger partial charge in [0, 0.05) is 0 Å². The molecule has 2 aromatic rings. The molecule has 0 saturated carbocycles. The van der Waals surface area contributed by atoms with E-state index in [4.69, 9.17) is 4.74 Å². The SMILES string of the molecule is Cc1ccc2c(c1)Nc1ccccc1C(=O)O2. The molecule has 0 bridgehead atoms. The lowest BCUT2D eigenvalue weighted by Gasteiger charge is -2.07. The van der Waals surface area contributed by atoms with Gasteiger partial charge in [-0.25, -0.2) is 4.79 Å². The summed E-state index contributed by atoms with van der Waals surface area (Å²) in [4.78, 5) is 11.9. The number of aryl methyl sites for hydroxylation is 1. The van der Waals surface area contributed by atoms with Crippen LogP contribution in [0.1, 0.15) is 15.9 Å². The highest BCUT2D eigenvalue weighted by Crippen LogP contribution is 2.34. The van der Waals surface area contributed by atoms with E-state index in [1.54, 1.807) is 12.1 Å². The molecule has 0 atom stereocenters. The summed E-state index contributed by atoms with van der Waals surface area (Å²) in [6, 6.07) is 13.0. The Balaban J connectivity index is 2.18. The van der Waals surface area contributed by atoms with Gasteiger partial charge in [-0.2, -0.15) is 0 Å². The maximum Gasteiger partial charge on any atom is 0.345 e. The van der Waals surface area contributed by atoms with E-state index in [2.05, 4.69) is 5.32 Å². The highest BCUT2D eigenvalue weighted by Gasteiger charge is 2.20. The lowest BCUT2D eigenvalue weighted by molar-refractivity contribution is 0.0738. The van der Waals surface area contributed by atoms with Crippen molar-refractivity contribution in [3.8, 4) is 5.75 Å². The van der Waals surface area contributed by atoms with Crippen molar-refractivity contribution in [2.45, 2.75) is 6.92 Å². The van der Waals surface area contributed by atoms with Gasteiger partial charge in [-0.1, -0.05) is 18.2 Å². The zero-order valence-electron chi connectivity index (χ0n) is 9.36. The number of para-hydroxylation sites is 1. The molecule has 3 heteroatoms. The molecule has 2 aromatic carbocycles. The number of carbonyl (C=O) groups excluding carboxylic acids is 1. The van der Waals surface area contributed by atoms with E-state index >= 15 is 0 Å². The van der Waals surface area contributed by atoms with Crippen molar-refractivity contribution in [2.24, 2.45) is 0 Å². The molecule has 1 heterocycles. The normalized spacial score (nSPS) is 12.9. The summed E-state index contributed by atoms with van der Waals surface area (Å²) >= 11 is 0. The van der Waals surface area contributed by atoms with Crippen molar-refractivity contribution in [1.82, 2.24) is 0 Å². The maximum absolute atomic E-state index is 11.9. The number of benzene rings is 2. The zero-order valence-corrected chi connectivity index (χ0v) is 9.36. The molecule has 84 valence electrons. The first-order chi connectivity index (χ1) is 8.24. The summed E-state index contributed by atoms with van der Waals surface area (Å²) in [7, 11) is 0. The minimum absolute atomic E-state index is 0.323. The number of nitrogens with one attached hydrogen (secondary N) is 1. The monoisotopic (exact) mass is 225 g/mol. The zero-order chi connectivity index (χ0) is 11.8. The van der Waals surface area contributed by atoms with Crippen LogP contribution < -0.4 is 10.1 Å². The van der Waals surface area contributed by atoms with Gasteiger partial charge in [0.25, 0.3) is 0 Å². The first-order valence-electron chi connectivity index (χ1n) is 5.43. The third-order valence-corrected chi connectivity index (χ3v) is 2.75. The second kappa shape index (κ2) is 3.63. The second-order valence-electron chi connectivity index (χ2n) is 4.06. The average Bonchev–Trinajstić information content (AvgIpc) is 2.46. The molecule has 0 aliphatic carbocycles. The van der Waals surface area contributed by atoms with Gasteiger partial charge < -0.3 is 10.1 Å². The van der Waals surface area contributed by atoms with Gasteiger partial charge in [0.2, 0.25) is 0 Å². The van der Waals surface area contributed by atoms with Crippen molar-refractivity contribution < 1.29 is 9.53 Å². The summed E-state index contributed by atoms with van der Waals surface area (Å²) < 4.78 is 5.34. The standard InChI is InChI=1S/C14H11NO2/c1-9-6-7-13-12(8-9)15-11-5-3-2-4-10(11)14(16)17-13/h2-8,15H,1H3. The highest BCUT2D eigenvalue weighted by atomic mass is 16.5. The molecule has 0 spiro atoms. The van der Waals surface area contributed by atoms with Crippen LogP contribution in [0, 0.1) is 6.92 Å². The van der Waals surface area contributed by atoms with Gasteiger partial charge in [0.05, 0.1) is 16.9 Å². The van der Waals surface area contributed by atoms with E-state index in [-0.39, 0.29) is 5.97 Å². The Morgan fingerprint density at radius 1 is 1.06 bits per heavy atom. The molecule has 0 radical (unpaired) electrons. The predicted molar refractivity (Wildman–Crippen MR) is 65.9 cm³/mol. The summed E-state index contributed by atoms with van der Waals surface area (Å²) in [5.41, 5.74) is 3.28. The molecule has 3 rings (SSSR count). The molecule has 1 aliphatic rings. The van der Waals surface area contributed by atoms with Crippen LogP contribution >= 0.6 is 0 Å². The van der Waals surface area contributed by atoms with Crippen LogP contribution in [0.2, 0.25) is 0 Å². The Hall–Kier alpha value is -2.29. The van der Waals surface area contributed by atoms with Crippen molar-refractivity contribution >= 4 is 17.3 Å². The number of hydrogen-bond donors (Lipinski definition) is 1. The summed E-state index contributed by atoms with van der Waals surface area (Å²) in [6.45, 7) is 2.00. The van der Waals surface area contributed by atoms with Crippen molar-refractivity contribution in [3.05, 3.63) is 53.6 Å². The Kier molecular flexibility index (Phi) is 2.11. The topological polar surface area (TPSA) is 38.3 Å². The number of fused-ring (bicyclic) bond motifs is 2.